The van der Waals surface area contributed by atoms with Crippen molar-refractivity contribution >= 4 is 11.7 Å². The number of nitrogens with one attached hydrogen (secondary N) is 2. The van der Waals surface area contributed by atoms with Gasteiger partial charge in [0, 0.05) is 11.1 Å². The molecule has 0 bridgehead atoms. The number of carbonyl (C=O) groups is 2. The Morgan fingerprint density at radius 1 is 1.44 bits per heavy atom. The molecule has 2 N–H and O–H groups in total. The van der Waals surface area contributed by atoms with E-state index in [1.807, 2.05) is 20.8 Å². The molecule has 0 aliphatic rings. The molecule has 1 heterocycles. The van der Waals surface area contributed by atoms with Crippen LogP contribution < -0.4 is 5.32 Å². The third-order valence-corrected chi connectivity index (χ3v) is 2.32. The molecule has 0 unspecified atom stereocenters. The minimum atomic E-state index is -0.432. The average molecular weight is 223 g/mol. The van der Waals surface area contributed by atoms with Crippen LogP contribution in [0.25, 0.3) is 0 Å². The number of aryl methyl sites for hydroxylation is 1. The van der Waals surface area contributed by atoms with Crippen molar-refractivity contribution < 1.29 is 9.59 Å². The summed E-state index contributed by atoms with van der Waals surface area (Å²) in [6.45, 7) is 7.28. The van der Waals surface area contributed by atoms with Gasteiger partial charge in [0.05, 0.1) is 18.3 Å². The van der Waals surface area contributed by atoms with Gasteiger partial charge in [0.25, 0.3) is 5.91 Å². The van der Waals surface area contributed by atoms with Gasteiger partial charge in [-0.05, 0) is 6.92 Å². The van der Waals surface area contributed by atoms with Gasteiger partial charge in [0.15, 0.2) is 5.78 Å². The number of ketones is 1. The standard InChI is InChI=1S/C11H17N3O2/c1-7-8(5-13-14-7)10(16)12-6-9(15)11(2,3)4/h5H,6H2,1-4H3,(H,12,16)(H,13,14). The Bertz CT molecular complexity index is 402. The summed E-state index contributed by atoms with van der Waals surface area (Å²) in [5, 5.41) is 9.00. The summed E-state index contributed by atoms with van der Waals surface area (Å²) >= 11 is 0. The highest BCUT2D eigenvalue weighted by Gasteiger charge is 2.22. The van der Waals surface area contributed by atoms with Gasteiger partial charge < -0.3 is 5.32 Å². The fraction of sp³-hybridized carbons (Fsp3) is 0.545. The number of aromatic nitrogens is 2. The van der Waals surface area contributed by atoms with Gasteiger partial charge in [0.1, 0.15) is 0 Å². The third kappa shape index (κ3) is 2.92. The quantitative estimate of drug-likeness (QED) is 0.804. The molecule has 16 heavy (non-hydrogen) atoms. The van der Waals surface area contributed by atoms with Crippen LogP contribution in [0.5, 0.6) is 0 Å². The molecule has 0 saturated heterocycles. The first-order valence-corrected chi connectivity index (χ1v) is 5.14. The second-order valence-corrected chi connectivity index (χ2v) is 4.76. The van der Waals surface area contributed by atoms with E-state index in [9.17, 15) is 9.59 Å². The van der Waals surface area contributed by atoms with Crippen molar-refractivity contribution in [2.45, 2.75) is 27.7 Å². The normalized spacial score (nSPS) is 11.2. The number of hydrogen-bond acceptors (Lipinski definition) is 3. The van der Waals surface area contributed by atoms with Crippen LogP contribution in [0.1, 0.15) is 36.8 Å². The molecular weight excluding hydrogens is 206 g/mol. The van der Waals surface area contributed by atoms with Crippen molar-refractivity contribution in [3.8, 4) is 0 Å². The molecule has 0 saturated carbocycles. The largest absolute Gasteiger partial charge is 0.345 e. The maximum absolute atomic E-state index is 11.6. The van der Waals surface area contributed by atoms with E-state index < -0.39 is 5.41 Å². The summed E-state index contributed by atoms with van der Waals surface area (Å²) in [6, 6.07) is 0. The number of hydrogen-bond donors (Lipinski definition) is 2. The molecule has 0 radical (unpaired) electrons. The minimum absolute atomic E-state index is 0.00185. The van der Waals surface area contributed by atoms with Crippen LogP contribution in [0.4, 0.5) is 0 Å². The summed E-state index contributed by atoms with van der Waals surface area (Å²) in [6.07, 6.45) is 1.45. The number of rotatable bonds is 3. The maximum Gasteiger partial charge on any atom is 0.255 e. The fourth-order valence-electron chi connectivity index (χ4n) is 1.10. The number of H-pyrrole nitrogens is 1. The molecule has 1 rings (SSSR count). The molecule has 1 amide bonds. The molecule has 0 fully saturated rings. The Kier molecular flexibility index (Phi) is 3.47. The van der Waals surface area contributed by atoms with E-state index in [0.29, 0.717) is 11.3 Å². The number of Topliss-reactive ketones (excluding diaryl/α,β-unsaturated/α-hetero) is 1. The number of amides is 1. The van der Waals surface area contributed by atoms with E-state index in [4.69, 9.17) is 0 Å². The number of nitrogens with zero attached hydrogens (tertiary/aromatic N) is 1. The van der Waals surface area contributed by atoms with Crippen molar-refractivity contribution in [3.63, 3.8) is 0 Å². The lowest BCUT2D eigenvalue weighted by atomic mass is 9.91. The van der Waals surface area contributed by atoms with Gasteiger partial charge in [-0.3, -0.25) is 14.7 Å². The minimum Gasteiger partial charge on any atom is -0.345 e. The topological polar surface area (TPSA) is 74.8 Å². The monoisotopic (exact) mass is 223 g/mol. The van der Waals surface area contributed by atoms with E-state index in [2.05, 4.69) is 15.5 Å². The van der Waals surface area contributed by atoms with E-state index >= 15 is 0 Å². The Labute approximate surface area is 94.6 Å². The zero-order valence-corrected chi connectivity index (χ0v) is 10.0. The molecule has 0 spiro atoms. The van der Waals surface area contributed by atoms with E-state index in [0.717, 1.165) is 0 Å². The highest BCUT2D eigenvalue weighted by atomic mass is 16.2. The maximum atomic E-state index is 11.6. The van der Waals surface area contributed by atoms with E-state index in [-0.39, 0.29) is 18.2 Å². The fourth-order valence-corrected chi connectivity index (χ4v) is 1.10. The number of carbonyl (C=O) groups excluding carboxylic acids is 2. The lowest BCUT2D eigenvalue weighted by molar-refractivity contribution is -0.125. The average Bonchev–Trinajstić information content (AvgIpc) is 2.58. The molecule has 1 aromatic rings. The van der Waals surface area contributed by atoms with Crippen molar-refractivity contribution in [1.29, 1.82) is 0 Å². The van der Waals surface area contributed by atoms with Gasteiger partial charge in [-0.25, -0.2) is 0 Å². The van der Waals surface area contributed by atoms with Crippen LogP contribution in [0.3, 0.4) is 0 Å². The van der Waals surface area contributed by atoms with Crippen molar-refractivity contribution in [1.82, 2.24) is 15.5 Å². The molecule has 0 aliphatic heterocycles. The Morgan fingerprint density at radius 2 is 2.06 bits per heavy atom. The van der Waals surface area contributed by atoms with Gasteiger partial charge in [-0.15, -0.1) is 0 Å². The first-order valence-electron chi connectivity index (χ1n) is 5.14. The molecule has 5 heteroatoms. The smallest absolute Gasteiger partial charge is 0.255 e. The summed E-state index contributed by atoms with van der Waals surface area (Å²) in [7, 11) is 0. The zero-order valence-electron chi connectivity index (χ0n) is 10.0. The molecule has 1 aromatic heterocycles. The van der Waals surface area contributed by atoms with E-state index in [1.54, 1.807) is 6.92 Å². The SMILES string of the molecule is Cc1[nH]ncc1C(=O)NCC(=O)C(C)(C)C. The highest BCUT2D eigenvalue weighted by Crippen LogP contribution is 2.13. The molecule has 0 aromatic carbocycles. The summed E-state index contributed by atoms with van der Waals surface area (Å²) in [5.74, 6) is -0.272. The first-order chi connectivity index (χ1) is 7.32. The summed E-state index contributed by atoms with van der Waals surface area (Å²) in [4.78, 5) is 23.2. The Morgan fingerprint density at radius 3 is 2.50 bits per heavy atom. The van der Waals surface area contributed by atoms with Crippen molar-refractivity contribution in [3.05, 3.63) is 17.5 Å². The molecule has 0 atom stereocenters. The lowest BCUT2D eigenvalue weighted by Gasteiger charge is -2.16. The van der Waals surface area contributed by atoms with Crippen molar-refractivity contribution in [2.24, 2.45) is 5.41 Å². The number of aromatic amines is 1. The highest BCUT2D eigenvalue weighted by molar-refractivity contribution is 5.98. The molecule has 0 aliphatic carbocycles. The predicted octanol–water partition coefficient (Wildman–Crippen LogP) is 1.06. The van der Waals surface area contributed by atoms with E-state index in [1.165, 1.54) is 6.20 Å². The van der Waals surface area contributed by atoms with Crippen LogP contribution in [-0.2, 0) is 4.79 Å². The summed E-state index contributed by atoms with van der Waals surface area (Å²) in [5.41, 5.74) is 0.737. The van der Waals surface area contributed by atoms with Gasteiger partial charge >= 0.3 is 0 Å². The second-order valence-electron chi connectivity index (χ2n) is 4.76. The van der Waals surface area contributed by atoms with Crippen LogP contribution in [0.15, 0.2) is 6.20 Å². The van der Waals surface area contributed by atoms with Gasteiger partial charge in [0.2, 0.25) is 0 Å². The molecular formula is C11H17N3O2. The van der Waals surface area contributed by atoms with Gasteiger partial charge in [-0.2, -0.15) is 5.10 Å². The van der Waals surface area contributed by atoms with Crippen LogP contribution in [0, 0.1) is 12.3 Å². The van der Waals surface area contributed by atoms with Crippen LogP contribution >= 0.6 is 0 Å². The molecule has 5 nitrogen and oxygen atoms in total. The van der Waals surface area contributed by atoms with Crippen LogP contribution in [-0.4, -0.2) is 28.4 Å². The third-order valence-electron chi connectivity index (χ3n) is 2.32. The second kappa shape index (κ2) is 4.47. The first kappa shape index (κ1) is 12.4. The van der Waals surface area contributed by atoms with Crippen LogP contribution in [0.2, 0.25) is 0 Å². The predicted molar refractivity (Wildman–Crippen MR) is 60.1 cm³/mol. The molecule has 88 valence electrons. The van der Waals surface area contributed by atoms with Gasteiger partial charge in [-0.1, -0.05) is 20.8 Å². The van der Waals surface area contributed by atoms with Crippen molar-refractivity contribution in [2.75, 3.05) is 6.54 Å². The lowest BCUT2D eigenvalue weighted by Crippen LogP contribution is -2.35. The zero-order chi connectivity index (χ0) is 12.3. The Hall–Kier alpha value is -1.65. The summed E-state index contributed by atoms with van der Waals surface area (Å²) < 4.78 is 0. The Balaban J connectivity index is 2.55.